The van der Waals surface area contributed by atoms with E-state index < -0.39 is 0 Å². The lowest BCUT2D eigenvalue weighted by molar-refractivity contribution is 0.313. The molecule has 188 valence electrons. The molecule has 3 N–H and O–H groups in total. The van der Waals surface area contributed by atoms with Crippen molar-refractivity contribution in [3.8, 4) is 22.6 Å². The van der Waals surface area contributed by atoms with Gasteiger partial charge in [0.1, 0.15) is 16.9 Å². The molecule has 0 radical (unpaired) electrons. The van der Waals surface area contributed by atoms with Crippen molar-refractivity contribution in [2.45, 2.75) is 19.8 Å². The van der Waals surface area contributed by atoms with Crippen molar-refractivity contribution >= 4 is 33.4 Å². The van der Waals surface area contributed by atoms with Crippen LogP contribution in [0.3, 0.4) is 0 Å². The van der Waals surface area contributed by atoms with Crippen molar-refractivity contribution in [1.29, 1.82) is 0 Å². The number of rotatable bonds is 7. The molecular formula is C28H31N9. The lowest BCUT2D eigenvalue weighted by atomic mass is 10.1. The van der Waals surface area contributed by atoms with Gasteiger partial charge in [0.25, 0.3) is 0 Å². The van der Waals surface area contributed by atoms with Gasteiger partial charge in [0.15, 0.2) is 0 Å². The van der Waals surface area contributed by atoms with Gasteiger partial charge in [0, 0.05) is 60.9 Å². The van der Waals surface area contributed by atoms with Gasteiger partial charge in [-0.2, -0.15) is 5.10 Å². The predicted octanol–water partition coefficient (Wildman–Crippen LogP) is 5.04. The van der Waals surface area contributed by atoms with E-state index in [1.54, 1.807) is 0 Å². The monoisotopic (exact) mass is 493 g/mol. The van der Waals surface area contributed by atoms with Crippen LogP contribution in [0.1, 0.15) is 19.8 Å². The van der Waals surface area contributed by atoms with Crippen LogP contribution in [0.2, 0.25) is 0 Å². The van der Waals surface area contributed by atoms with Crippen molar-refractivity contribution in [3.63, 3.8) is 0 Å². The highest BCUT2D eigenvalue weighted by Gasteiger charge is 2.20. The number of allylic oxidation sites excluding steroid dienone is 1. The smallest absolute Gasteiger partial charge is 0.139 e. The SMILES string of the molecule is C=C(CCC)Nc1cncc(-c2ccc3[nH]nc(-c4cc5c(N6CCN(C)CC6)ccnc5[nH]4)c3n2)c1. The van der Waals surface area contributed by atoms with Gasteiger partial charge in [-0.15, -0.1) is 0 Å². The first-order chi connectivity index (χ1) is 18.1. The van der Waals surface area contributed by atoms with E-state index in [1.807, 2.05) is 30.7 Å². The number of hydrogen-bond acceptors (Lipinski definition) is 7. The van der Waals surface area contributed by atoms with E-state index in [1.165, 1.54) is 5.69 Å². The molecule has 0 atom stereocenters. The second-order valence-electron chi connectivity index (χ2n) is 9.67. The Bertz CT molecular complexity index is 1570. The van der Waals surface area contributed by atoms with Crippen LogP contribution in [0.25, 0.3) is 44.7 Å². The minimum Gasteiger partial charge on any atom is -0.368 e. The highest BCUT2D eigenvalue weighted by atomic mass is 15.2. The van der Waals surface area contributed by atoms with E-state index in [0.29, 0.717) is 0 Å². The molecule has 6 rings (SSSR count). The number of likely N-dealkylation sites (N-methyl/N-ethyl adjacent to an activating group) is 1. The molecule has 0 saturated carbocycles. The lowest BCUT2D eigenvalue weighted by Crippen LogP contribution is -2.44. The topological polar surface area (TPSA) is 102 Å². The maximum absolute atomic E-state index is 4.99. The molecule has 0 aromatic carbocycles. The summed E-state index contributed by atoms with van der Waals surface area (Å²) in [5.41, 5.74) is 9.06. The summed E-state index contributed by atoms with van der Waals surface area (Å²) in [4.78, 5) is 22.3. The second-order valence-corrected chi connectivity index (χ2v) is 9.67. The molecule has 0 aliphatic carbocycles. The third kappa shape index (κ3) is 4.53. The molecule has 1 fully saturated rings. The molecule has 0 amide bonds. The molecule has 0 spiro atoms. The summed E-state index contributed by atoms with van der Waals surface area (Å²) in [5.74, 6) is 0. The van der Waals surface area contributed by atoms with E-state index in [4.69, 9.17) is 4.98 Å². The summed E-state index contributed by atoms with van der Waals surface area (Å²) in [6.45, 7) is 10.3. The number of piperazine rings is 1. The highest BCUT2D eigenvalue weighted by Crippen LogP contribution is 2.33. The Morgan fingerprint density at radius 3 is 2.81 bits per heavy atom. The van der Waals surface area contributed by atoms with Crippen LogP contribution in [0, 0.1) is 0 Å². The van der Waals surface area contributed by atoms with E-state index >= 15 is 0 Å². The zero-order valence-electron chi connectivity index (χ0n) is 21.3. The highest BCUT2D eigenvalue weighted by molar-refractivity contribution is 5.97. The number of nitrogens with one attached hydrogen (secondary N) is 3. The Morgan fingerprint density at radius 2 is 1.97 bits per heavy atom. The molecule has 5 aromatic heterocycles. The molecule has 6 heterocycles. The second kappa shape index (κ2) is 9.67. The summed E-state index contributed by atoms with van der Waals surface area (Å²) < 4.78 is 0. The maximum Gasteiger partial charge on any atom is 0.139 e. The first-order valence-corrected chi connectivity index (χ1v) is 12.8. The molecule has 1 aliphatic rings. The molecule has 0 unspecified atom stereocenters. The average Bonchev–Trinajstić information content (AvgIpc) is 3.53. The van der Waals surface area contributed by atoms with Gasteiger partial charge in [0.05, 0.1) is 28.8 Å². The molecule has 9 nitrogen and oxygen atoms in total. The Morgan fingerprint density at radius 1 is 1.11 bits per heavy atom. The average molecular weight is 494 g/mol. The van der Waals surface area contributed by atoms with Crippen LogP contribution in [0.15, 0.2) is 61.2 Å². The number of H-pyrrole nitrogens is 2. The number of hydrogen-bond donors (Lipinski definition) is 3. The van der Waals surface area contributed by atoms with Crippen LogP contribution in [0.5, 0.6) is 0 Å². The fourth-order valence-electron chi connectivity index (χ4n) is 4.93. The zero-order valence-corrected chi connectivity index (χ0v) is 21.3. The van der Waals surface area contributed by atoms with Crippen LogP contribution < -0.4 is 10.2 Å². The van der Waals surface area contributed by atoms with Gasteiger partial charge in [-0.25, -0.2) is 9.97 Å². The fraction of sp³-hybridized carbons (Fsp3) is 0.286. The number of fused-ring (bicyclic) bond motifs is 2. The summed E-state index contributed by atoms with van der Waals surface area (Å²) in [6, 6.07) is 10.3. The first-order valence-electron chi connectivity index (χ1n) is 12.8. The molecule has 1 saturated heterocycles. The molecular weight excluding hydrogens is 462 g/mol. The Kier molecular flexibility index (Phi) is 6.05. The van der Waals surface area contributed by atoms with E-state index in [9.17, 15) is 0 Å². The van der Waals surface area contributed by atoms with Crippen molar-refractivity contribution in [2.24, 2.45) is 0 Å². The first kappa shape index (κ1) is 23.2. The number of anilines is 2. The van der Waals surface area contributed by atoms with Crippen molar-refractivity contribution < 1.29 is 0 Å². The summed E-state index contributed by atoms with van der Waals surface area (Å²) in [7, 11) is 2.17. The number of aromatic amines is 2. The number of nitrogens with zero attached hydrogens (tertiary/aromatic N) is 6. The summed E-state index contributed by atoms with van der Waals surface area (Å²) in [6.07, 6.45) is 7.47. The Balaban J connectivity index is 1.35. The van der Waals surface area contributed by atoms with Crippen LogP contribution in [-0.2, 0) is 0 Å². The van der Waals surface area contributed by atoms with Crippen molar-refractivity contribution in [1.82, 2.24) is 35.0 Å². The molecule has 37 heavy (non-hydrogen) atoms. The number of pyridine rings is 3. The normalized spacial score (nSPS) is 14.5. The lowest BCUT2D eigenvalue weighted by Gasteiger charge is -2.34. The van der Waals surface area contributed by atoms with Crippen molar-refractivity contribution in [2.75, 3.05) is 43.4 Å². The minimum atomic E-state index is 0.776. The number of aromatic nitrogens is 6. The quantitative estimate of drug-likeness (QED) is 0.292. The zero-order chi connectivity index (χ0) is 25.4. The minimum absolute atomic E-state index is 0.776. The largest absolute Gasteiger partial charge is 0.368 e. The van der Waals surface area contributed by atoms with Gasteiger partial charge in [-0.05, 0) is 43.8 Å². The molecule has 9 heteroatoms. The molecule has 0 bridgehead atoms. The maximum atomic E-state index is 4.99. The van der Waals surface area contributed by atoms with Crippen LogP contribution in [0.4, 0.5) is 11.4 Å². The van der Waals surface area contributed by atoms with Crippen molar-refractivity contribution in [3.05, 3.63) is 61.2 Å². The van der Waals surface area contributed by atoms with Crippen LogP contribution >= 0.6 is 0 Å². The third-order valence-corrected chi connectivity index (χ3v) is 6.92. The Labute approximate surface area is 215 Å². The predicted molar refractivity (Wildman–Crippen MR) is 150 cm³/mol. The Hall–Kier alpha value is -4.24. The van der Waals surface area contributed by atoms with Gasteiger partial charge in [-0.3, -0.25) is 10.1 Å². The van der Waals surface area contributed by atoms with E-state index in [0.717, 1.165) is 95.1 Å². The van der Waals surface area contributed by atoms with Crippen LogP contribution in [-0.4, -0.2) is 68.3 Å². The van der Waals surface area contributed by atoms with Gasteiger partial charge in [-0.1, -0.05) is 19.9 Å². The van der Waals surface area contributed by atoms with E-state index in [-0.39, 0.29) is 0 Å². The third-order valence-electron chi connectivity index (χ3n) is 6.92. The van der Waals surface area contributed by atoms with E-state index in [2.05, 4.69) is 79.0 Å². The standard InChI is InChI=1S/C28H31N9/c1-4-5-18(2)31-20-14-19(16-29-17-20)22-6-7-23-26(32-22)27(35-34-23)24-15-21-25(8-9-30-28(21)33-24)37-12-10-36(3)11-13-37/h6-9,14-17,31H,2,4-5,10-13H2,1,3H3,(H,30,33)(H,34,35). The molecule has 5 aromatic rings. The van der Waals surface area contributed by atoms with Gasteiger partial charge < -0.3 is 20.1 Å². The fourth-order valence-corrected chi connectivity index (χ4v) is 4.93. The summed E-state index contributed by atoms with van der Waals surface area (Å²) >= 11 is 0. The molecule has 1 aliphatic heterocycles. The van der Waals surface area contributed by atoms with Gasteiger partial charge in [0.2, 0.25) is 0 Å². The summed E-state index contributed by atoms with van der Waals surface area (Å²) in [5, 5.41) is 12.2. The van der Waals surface area contributed by atoms with Gasteiger partial charge >= 0.3 is 0 Å².